The molecular formula is C17H20N4O3. The molecule has 1 aliphatic rings. The van der Waals surface area contributed by atoms with Crippen LogP contribution < -0.4 is 0 Å². The molecule has 0 unspecified atom stereocenters. The number of amides is 1. The SMILES string of the molecule is Cc1cc(C)cc([C@H]2CCN(C(=O)c3c([N+](=O)[O-])cnn3C)C2)c1. The summed E-state index contributed by atoms with van der Waals surface area (Å²) in [5.74, 6) is -0.0617. The van der Waals surface area contributed by atoms with Gasteiger partial charge in [0.15, 0.2) is 0 Å². The van der Waals surface area contributed by atoms with Gasteiger partial charge in [0.2, 0.25) is 5.69 Å². The van der Waals surface area contributed by atoms with Gasteiger partial charge in [-0.25, -0.2) is 0 Å². The Morgan fingerprint density at radius 1 is 1.29 bits per heavy atom. The van der Waals surface area contributed by atoms with Crippen LogP contribution in [-0.2, 0) is 7.05 Å². The number of carbonyl (C=O) groups is 1. The molecule has 1 saturated heterocycles. The Hall–Kier alpha value is -2.70. The molecule has 1 aromatic heterocycles. The molecule has 0 saturated carbocycles. The summed E-state index contributed by atoms with van der Waals surface area (Å²) in [6.07, 6.45) is 1.99. The Kier molecular flexibility index (Phi) is 4.09. The second-order valence-electron chi connectivity index (χ2n) is 6.42. The van der Waals surface area contributed by atoms with Gasteiger partial charge in [0.25, 0.3) is 5.91 Å². The van der Waals surface area contributed by atoms with Crippen molar-refractivity contribution < 1.29 is 9.72 Å². The molecule has 2 heterocycles. The Bertz CT molecular complexity index is 792. The lowest BCUT2D eigenvalue weighted by atomic mass is 9.95. The van der Waals surface area contributed by atoms with Crippen LogP contribution >= 0.6 is 0 Å². The number of hydrogen-bond donors (Lipinski definition) is 0. The zero-order valence-corrected chi connectivity index (χ0v) is 14.0. The Balaban J connectivity index is 1.82. The van der Waals surface area contributed by atoms with Gasteiger partial charge in [-0.1, -0.05) is 29.3 Å². The minimum absolute atomic E-state index is 0.0427. The van der Waals surface area contributed by atoms with Crippen LogP contribution in [0, 0.1) is 24.0 Å². The molecule has 7 heteroatoms. The van der Waals surface area contributed by atoms with Crippen molar-refractivity contribution in [2.45, 2.75) is 26.2 Å². The van der Waals surface area contributed by atoms with E-state index in [9.17, 15) is 14.9 Å². The van der Waals surface area contributed by atoms with E-state index in [0.29, 0.717) is 13.1 Å². The number of nitro groups is 1. The summed E-state index contributed by atoms with van der Waals surface area (Å²) in [6, 6.07) is 6.43. The van der Waals surface area contributed by atoms with Gasteiger partial charge in [0, 0.05) is 26.1 Å². The molecule has 0 bridgehead atoms. The number of nitrogens with zero attached hydrogens (tertiary/aromatic N) is 4. The van der Waals surface area contributed by atoms with Crippen molar-refractivity contribution >= 4 is 11.6 Å². The predicted octanol–water partition coefficient (Wildman–Crippen LogP) is 2.57. The van der Waals surface area contributed by atoms with Crippen LogP contribution in [0.25, 0.3) is 0 Å². The van der Waals surface area contributed by atoms with Crippen molar-refractivity contribution in [3.8, 4) is 0 Å². The zero-order valence-electron chi connectivity index (χ0n) is 14.0. The summed E-state index contributed by atoms with van der Waals surface area (Å²) in [5, 5.41) is 15.0. The van der Waals surface area contributed by atoms with Gasteiger partial charge in [-0.05, 0) is 25.8 Å². The molecule has 0 spiro atoms. The second-order valence-corrected chi connectivity index (χ2v) is 6.42. The third-order valence-corrected chi connectivity index (χ3v) is 4.51. The fourth-order valence-electron chi connectivity index (χ4n) is 3.42. The third kappa shape index (κ3) is 2.89. The van der Waals surface area contributed by atoms with Crippen LogP contribution in [0.2, 0.25) is 0 Å². The average molecular weight is 328 g/mol. The van der Waals surface area contributed by atoms with E-state index in [1.54, 1.807) is 11.9 Å². The standard InChI is InChI=1S/C17H20N4O3/c1-11-6-12(2)8-14(7-11)13-4-5-20(10-13)17(22)16-15(21(23)24)9-18-19(16)3/h6-9,13H,4-5,10H2,1-3H3/t13-/m0/s1. The van der Waals surface area contributed by atoms with Crippen LogP contribution in [0.1, 0.15) is 39.5 Å². The van der Waals surface area contributed by atoms with Crippen molar-refractivity contribution in [3.05, 3.63) is 56.9 Å². The monoisotopic (exact) mass is 328 g/mol. The molecule has 1 amide bonds. The number of rotatable bonds is 3. The molecule has 0 N–H and O–H groups in total. The van der Waals surface area contributed by atoms with Crippen molar-refractivity contribution in [1.82, 2.24) is 14.7 Å². The molecule has 7 nitrogen and oxygen atoms in total. The molecule has 0 radical (unpaired) electrons. The highest BCUT2D eigenvalue weighted by atomic mass is 16.6. The first-order chi connectivity index (χ1) is 11.4. The van der Waals surface area contributed by atoms with E-state index in [1.165, 1.54) is 21.4 Å². The summed E-state index contributed by atoms with van der Waals surface area (Å²) in [4.78, 5) is 25.0. The molecule has 24 heavy (non-hydrogen) atoms. The van der Waals surface area contributed by atoms with Crippen LogP contribution in [0.15, 0.2) is 24.4 Å². The zero-order chi connectivity index (χ0) is 17.4. The molecule has 126 valence electrons. The number of carbonyl (C=O) groups excluding carboxylic acids is 1. The highest BCUT2D eigenvalue weighted by molar-refractivity contribution is 5.96. The number of likely N-dealkylation sites (tertiary alicyclic amines) is 1. The first kappa shape index (κ1) is 16.2. The molecule has 2 aromatic rings. The van der Waals surface area contributed by atoms with Crippen molar-refractivity contribution in [3.63, 3.8) is 0 Å². The summed E-state index contributed by atoms with van der Waals surface area (Å²) in [6.45, 7) is 5.30. The molecule has 1 aliphatic heterocycles. The largest absolute Gasteiger partial charge is 0.336 e. The van der Waals surface area contributed by atoms with E-state index in [0.717, 1.165) is 12.6 Å². The first-order valence-corrected chi connectivity index (χ1v) is 7.90. The van der Waals surface area contributed by atoms with Gasteiger partial charge in [-0.3, -0.25) is 19.6 Å². The summed E-state index contributed by atoms with van der Waals surface area (Å²) < 4.78 is 1.28. The molecule has 1 aromatic carbocycles. The maximum absolute atomic E-state index is 12.7. The summed E-state index contributed by atoms with van der Waals surface area (Å²) >= 11 is 0. The fraction of sp³-hybridized carbons (Fsp3) is 0.412. The second kappa shape index (κ2) is 6.07. The minimum Gasteiger partial charge on any atom is -0.336 e. The molecule has 1 atom stereocenters. The van der Waals surface area contributed by atoms with Crippen molar-refractivity contribution in [2.75, 3.05) is 13.1 Å². The lowest BCUT2D eigenvalue weighted by Crippen LogP contribution is -2.30. The molecule has 3 rings (SSSR count). The van der Waals surface area contributed by atoms with Crippen molar-refractivity contribution in [1.29, 1.82) is 0 Å². The molecular weight excluding hydrogens is 308 g/mol. The van der Waals surface area contributed by atoms with Gasteiger partial charge in [-0.2, -0.15) is 5.10 Å². The lowest BCUT2D eigenvalue weighted by molar-refractivity contribution is -0.385. The number of aryl methyl sites for hydroxylation is 3. The quantitative estimate of drug-likeness (QED) is 0.640. The van der Waals surface area contributed by atoms with Crippen LogP contribution in [0.4, 0.5) is 5.69 Å². The van der Waals surface area contributed by atoms with E-state index in [2.05, 4.69) is 37.1 Å². The van der Waals surface area contributed by atoms with E-state index in [4.69, 9.17) is 0 Å². The van der Waals surface area contributed by atoms with Crippen LogP contribution in [0.5, 0.6) is 0 Å². The topological polar surface area (TPSA) is 81.3 Å². The van der Waals surface area contributed by atoms with Crippen LogP contribution in [-0.4, -0.2) is 38.6 Å². The number of aromatic nitrogens is 2. The van der Waals surface area contributed by atoms with E-state index >= 15 is 0 Å². The summed E-state index contributed by atoms with van der Waals surface area (Å²) in [5.41, 5.74) is 3.44. The maximum Gasteiger partial charge on any atom is 0.320 e. The smallest absolute Gasteiger partial charge is 0.320 e. The first-order valence-electron chi connectivity index (χ1n) is 7.90. The summed E-state index contributed by atoms with van der Waals surface area (Å²) in [7, 11) is 1.55. The molecule has 0 aliphatic carbocycles. The van der Waals surface area contributed by atoms with Gasteiger partial charge in [0.05, 0.1) is 4.92 Å². The van der Waals surface area contributed by atoms with E-state index < -0.39 is 4.92 Å². The average Bonchev–Trinajstić information content (AvgIpc) is 3.12. The van der Waals surface area contributed by atoms with Crippen molar-refractivity contribution in [2.24, 2.45) is 7.05 Å². The Morgan fingerprint density at radius 3 is 2.58 bits per heavy atom. The highest BCUT2D eigenvalue weighted by Gasteiger charge is 2.34. The lowest BCUT2D eigenvalue weighted by Gasteiger charge is -2.17. The predicted molar refractivity (Wildman–Crippen MR) is 89.0 cm³/mol. The van der Waals surface area contributed by atoms with Gasteiger partial charge >= 0.3 is 5.69 Å². The number of hydrogen-bond acceptors (Lipinski definition) is 4. The maximum atomic E-state index is 12.7. The minimum atomic E-state index is -0.558. The fourth-order valence-corrected chi connectivity index (χ4v) is 3.42. The Morgan fingerprint density at radius 2 is 1.96 bits per heavy atom. The Labute approximate surface area is 140 Å². The normalized spacial score (nSPS) is 17.3. The van der Waals surface area contributed by atoms with Gasteiger partial charge in [0.1, 0.15) is 6.20 Å². The third-order valence-electron chi connectivity index (χ3n) is 4.51. The molecule has 1 fully saturated rings. The van der Waals surface area contributed by atoms with E-state index in [-0.39, 0.29) is 23.2 Å². The van der Waals surface area contributed by atoms with Gasteiger partial charge in [-0.15, -0.1) is 0 Å². The van der Waals surface area contributed by atoms with E-state index in [1.807, 2.05) is 0 Å². The number of benzene rings is 1. The van der Waals surface area contributed by atoms with Gasteiger partial charge < -0.3 is 4.90 Å². The van der Waals surface area contributed by atoms with Crippen LogP contribution in [0.3, 0.4) is 0 Å². The highest BCUT2D eigenvalue weighted by Crippen LogP contribution is 2.30.